The SMILES string of the molecule is CC(=O)N[C@H](CCCN=C(N)N)C(=O)N[C@H]1CCC(=O)NCCC[C@@H](C(=O)O)NC(=O)[C@H](Cc2c[nH]c3ccccc23)NC(=O)[C@H](CCCN=C(N)N)NC(=O)[C@@H](Cc2ccccc2)NC(=O)C(CCN)NC1=O. The molecule has 3 aromatic rings. The minimum absolute atomic E-state index is 0.0431. The number of hydrogen-bond acceptors (Lipinski definition) is 12. The molecular weight excluding hydrogens is 961 g/mol. The lowest BCUT2D eigenvalue weighted by atomic mass is 10.0. The number of guanidine groups is 2. The Hall–Kier alpha value is -8.29. The number of hydrogen-bond donors (Lipinski definition) is 15. The Morgan fingerprint density at radius 2 is 1.30 bits per heavy atom. The normalized spacial score (nSPS) is 21.2. The molecule has 402 valence electrons. The third-order valence-corrected chi connectivity index (χ3v) is 11.9. The fraction of sp³-hybridized carbons (Fsp3) is 0.479. The van der Waals surface area contributed by atoms with Crippen LogP contribution in [0, 0.1) is 0 Å². The molecule has 1 aromatic heterocycles. The zero-order valence-corrected chi connectivity index (χ0v) is 41.3. The van der Waals surface area contributed by atoms with Crippen molar-refractivity contribution in [2.24, 2.45) is 38.7 Å². The molecule has 0 bridgehead atoms. The first-order chi connectivity index (χ1) is 35.3. The highest BCUT2D eigenvalue weighted by atomic mass is 16.4. The van der Waals surface area contributed by atoms with Crippen LogP contribution < -0.4 is 71.2 Å². The predicted octanol–water partition coefficient (Wildman–Crippen LogP) is -3.40. The van der Waals surface area contributed by atoms with Crippen LogP contribution in [0.1, 0.15) is 75.8 Å². The van der Waals surface area contributed by atoms with Crippen LogP contribution in [0.4, 0.5) is 0 Å². The molecule has 0 saturated carbocycles. The number of amides is 8. The van der Waals surface area contributed by atoms with Gasteiger partial charge in [-0.05, 0) is 75.1 Å². The van der Waals surface area contributed by atoms with E-state index in [1.807, 2.05) is 18.2 Å². The molecule has 4 rings (SSSR count). The van der Waals surface area contributed by atoms with Crippen molar-refractivity contribution in [2.75, 3.05) is 26.2 Å². The van der Waals surface area contributed by atoms with Crippen molar-refractivity contribution >= 4 is 76.0 Å². The van der Waals surface area contributed by atoms with Crippen molar-refractivity contribution in [3.05, 3.63) is 71.9 Å². The van der Waals surface area contributed by atoms with Gasteiger partial charge in [0.1, 0.15) is 42.3 Å². The molecule has 1 fully saturated rings. The fourth-order valence-electron chi connectivity index (χ4n) is 8.07. The summed E-state index contributed by atoms with van der Waals surface area (Å²) in [4.78, 5) is 135. The maximum atomic E-state index is 14.5. The van der Waals surface area contributed by atoms with E-state index in [-0.39, 0.29) is 109 Å². The van der Waals surface area contributed by atoms with Gasteiger partial charge in [-0.25, -0.2) is 4.79 Å². The van der Waals surface area contributed by atoms with E-state index >= 15 is 0 Å². The number of benzene rings is 2. The number of carbonyl (C=O) groups is 9. The highest BCUT2D eigenvalue weighted by Gasteiger charge is 2.35. The van der Waals surface area contributed by atoms with E-state index in [0.29, 0.717) is 11.1 Å². The first kappa shape index (κ1) is 58.3. The smallest absolute Gasteiger partial charge is 0.326 e. The van der Waals surface area contributed by atoms with Gasteiger partial charge in [0.15, 0.2) is 11.9 Å². The number of aliphatic carboxylic acids is 1. The Morgan fingerprint density at radius 1 is 0.716 bits per heavy atom. The molecule has 1 aliphatic rings. The van der Waals surface area contributed by atoms with Gasteiger partial charge in [0.2, 0.25) is 47.3 Å². The maximum absolute atomic E-state index is 14.5. The van der Waals surface area contributed by atoms with E-state index in [2.05, 4.69) is 57.5 Å². The van der Waals surface area contributed by atoms with Gasteiger partial charge in [0.05, 0.1) is 0 Å². The average molecular weight is 1030 g/mol. The Morgan fingerprint density at radius 3 is 1.95 bits per heavy atom. The van der Waals surface area contributed by atoms with Gasteiger partial charge in [-0.3, -0.25) is 48.3 Å². The van der Waals surface area contributed by atoms with Gasteiger partial charge < -0.3 is 81.3 Å². The van der Waals surface area contributed by atoms with Crippen LogP contribution in [0.3, 0.4) is 0 Å². The van der Waals surface area contributed by atoms with E-state index in [1.165, 1.54) is 6.92 Å². The van der Waals surface area contributed by atoms with Crippen molar-refractivity contribution in [1.29, 1.82) is 0 Å². The topological polar surface area (TPSA) is 441 Å². The number of carbonyl (C=O) groups excluding carboxylic acids is 8. The molecule has 26 heteroatoms. The second kappa shape index (κ2) is 29.9. The number of H-pyrrole nitrogens is 1. The van der Waals surface area contributed by atoms with Crippen LogP contribution in [-0.2, 0) is 56.0 Å². The summed E-state index contributed by atoms with van der Waals surface area (Å²) in [6, 6.07) is 6.08. The minimum Gasteiger partial charge on any atom is -0.480 e. The zero-order chi connectivity index (χ0) is 54.2. The van der Waals surface area contributed by atoms with Crippen LogP contribution in [0.15, 0.2) is 70.8 Å². The van der Waals surface area contributed by atoms with E-state index in [9.17, 15) is 48.3 Å². The molecule has 2 aromatic carbocycles. The zero-order valence-electron chi connectivity index (χ0n) is 41.3. The number of aliphatic imine (C=N–C) groups is 2. The average Bonchev–Trinajstić information content (AvgIpc) is 3.76. The molecule has 8 amide bonds. The lowest BCUT2D eigenvalue weighted by Crippen LogP contribution is -2.60. The molecule has 0 radical (unpaired) electrons. The number of rotatable bonds is 18. The van der Waals surface area contributed by atoms with Crippen LogP contribution in [0.5, 0.6) is 0 Å². The number of carboxylic acids is 1. The molecule has 20 N–H and O–H groups in total. The molecule has 0 spiro atoms. The monoisotopic (exact) mass is 1030 g/mol. The lowest BCUT2D eigenvalue weighted by molar-refractivity contribution is -0.142. The summed E-state index contributed by atoms with van der Waals surface area (Å²) in [5.74, 6) is -8.06. The van der Waals surface area contributed by atoms with E-state index in [0.717, 1.165) is 10.9 Å². The fourth-order valence-corrected chi connectivity index (χ4v) is 8.07. The van der Waals surface area contributed by atoms with Gasteiger partial charge in [0, 0.05) is 62.9 Å². The number of fused-ring (bicyclic) bond motifs is 1. The summed E-state index contributed by atoms with van der Waals surface area (Å²) in [5, 5.41) is 32.0. The Labute approximate surface area is 427 Å². The quantitative estimate of drug-likeness (QED) is 0.0336. The van der Waals surface area contributed by atoms with E-state index in [1.54, 1.807) is 42.6 Å². The van der Waals surface area contributed by atoms with Gasteiger partial charge in [-0.1, -0.05) is 48.5 Å². The Bertz CT molecular complexity index is 2480. The number of nitrogens with zero attached hydrogens (tertiary/aromatic N) is 2. The van der Waals surface area contributed by atoms with Gasteiger partial charge >= 0.3 is 5.97 Å². The van der Waals surface area contributed by atoms with Crippen LogP contribution in [-0.4, -0.2) is 144 Å². The van der Waals surface area contributed by atoms with Crippen molar-refractivity contribution < 1.29 is 48.3 Å². The summed E-state index contributed by atoms with van der Waals surface area (Å²) in [5.41, 5.74) is 29.8. The Balaban J connectivity index is 1.75. The second-order valence-electron chi connectivity index (χ2n) is 17.7. The molecule has 7 atom stereocenters. The standard InChI is InChI=1S/C48H70N16O10/c1-27(65)58-32(14-7-22-55-47(50)51)40(67)60-34-17-18-39(66)54-21-9-16-36(46(73)74)62-45(72)38(25-29-26-57-31-13-6-5-12-30(29)31)64-41(68)33(15-8-23-56-48(52)53)59-44(71)37(24-28-10-3-2-4-11-28)63-43(70)35(19-20-49)61-42(34)69/h2-6,10-13,26,32-38,57H,7-9,14-25,49H2,1H3,(H,54,66)(H,58,65)(H,59,71)(H,60,67)(H,61,69)(H,62,72)(H,63,70)(H,64,68)(H,73,74)(H4,50,51,55)(H4,52,53,56)/t32-,33+,34+,35?,36+,37-,38+/m1/s1. The highest BCUT2D eigenvalue weighted by Crippen LogP contribution is 2.20. The number of aromatic amines is 1. The molecule has 0 aliphatic carbocycles. The first-order valence-corrected chi connectivity index (χ1v) is 24.3. The number of nitrogens with two attached hydrogens (primary N) is 5. The van der Waals surface area contributed by atoms with E-state index < -0.39 is 95.5 Å². The predicted molar refractivity (Wildman–Crippen MR) is 274 cm³/mol. The highest BCUT2D eigenvalue weighted by molar-refractivity contribution is 5.98. The largest absolute Gasteiger partial charge is 0.480 e. The van der Waals surface area contributed by atoms with Gasteiger partial charge in [-0.2, -0.15) is 0 Å². The van der Waals surface area contributed by atoms with E-state index in [4.69, 9.17) is 28.7 Å². The molecule has 74 heavy (non-hydrogen) atoms. The second-order valence-corrected chi connectivity index (χ2v) is 17.7. The Kier molecular flexibility index (Phi) is 23.6. The first-order valence-electron chi connectivity index (χ1n) is 24.3. The molecule has 26 nitrogen and oxygen atoms in total. The van der Waals surface area contributed by atoms with Crippen LogP contribution in [0.2, 0.25) is 0 Å². The van der Waals surface area contributed by atoms with Crippen molar-refractivity contribution in [3.8, 4) is 0 Å². The van der Waals surface area contributed by atoms with Crippen LogP contribution >= 0.6 is 0 Å². The summed E-state index contributed by atoms with van der Waals surface area (Å²) < 4.78 is 0. The van der Waals surface area contributed by atoms with Crippen molar-refractivity contribution in [1.82, 2.24) is 47.5 Å². The molecule has 1 unspecified atom stereocenters. The molecule has 2 heterocycles. The summed E-state index contributed by atoms with van der Waals surface area (Å²) in [6.45, 7) is 1.15. The summed E-state index contributed by atoms with van der Waals surface area (Å²) in [7, 11) is 0. The van der Waals surface area contributed by atoms with Gasteiger partial charge in [-0.15, -0.1) is 0 Å². The summed E-state index contributed by atoms with van der Waals surface area (Å²) in [6.07, 6.45) is 0.819. The van der Waals surface area contributed by atoms with Gasteiger partial charge in [0.25, 0.3) is 0 Å². The molecule has 1 saturated heterocycles. The van der Waals surface area contributed by atoms with Crippen molar-refractivity contribution in [3.63, 3.8) is 0 Å². The number of para-hydroxylation sites is 1. The number of aromatic nitrogens is 1. The molecular formula is C48H70N16O10. The maximum Gasteiger partial charge on any atom is 0.326 e. The third kappa shape index (κ3) is 19.7. The minimum atomic E-state index is -1.48. The lowest BCUT2D eigenvalue weighted by Gasteiger charge is -2.28. The third-order valence-electron chi connectivity index (χ3n) is 11.9. The molecule has 1 aliphatic heterocycles. The summed E-state index contributed by atoms with van der Waals surface area (Å²) >= 11 is 0. The van der Waals surface area contributed by atoms with Crippen LogP contribution in [0.25, 0.3) is 10.9 Å². The number of nitrogens with one attached hydrogen (secondary N) is 9. The van der Waals surface area contributed by atoms with Crippen molar-refractivity contribution in [2.45, 2.75) is 120 Å². The number of carboxylic acid groups (broad SMARTS) is 1.